The number of thioether (sulfide) groups is 1. The van der Waals surface area contributed by atoms with Crippen molar-refractivity contribution in [2.24, 2.45) is 0 Å². The summed E-state index contributed by atoms with van der Waals surface area (Å²) in [6.07, 6.45) is 0. The van der Waals surface area contributed by atoms with E-state index in [1.807, 2.05) is 34.2 Å². The van der Waals surface area contributed by atoms with Crippen LogP contribution < -0.4 is 5.32 Å². The topological polar surface area (TPSA) is 59.8 Å². The lowest BCUT2D eigenvalue weighted by molar-refractivity contribution is 0.0951. The number of amides is 1. The molecule has 2 heterocycles. The number of hydrogen-bond donors (Lipinski definition) is 1. The number of nitrogens with zero attached hydrogens (tertiary/aromatic N) is 3. The molecular formula is C27H20F2N4OS2. The molecule has 36 heavy (non-hydrogen) atoms. The lowest BCUT2D eigenvalue weighted by Gasteiger charge is -2.10. The molecule has 0 radical (unpaired) electrons. The Hall–Kier alpha value is -3.82. The van der Waals surface area contributed by atoms with Crippen molar-refractivity contribution in [3.63, 3.8) is 0 Å². The van der Waals surface area contributed by atoms with E-state index in [-0.39, 0.29) is 17.5 Å². The van der Waals surface area contributed by atoms with Crippen LogP contribution in [0.4, 0.5) is 8.78 Å². The average Bonchev–Trinajstić information content (AvgIpc) is 3.58. The van der Waals surface area contributed by atoms with Gasteiger partial charge in [0, 0.05) is 23.5 Å². The van der Waals surface area contributed by atoms with Gasteiger partial charge in [-0.15, -0.1) is 21.5 Å². The van der Waals surface area contributed by atoms with E-state index >= 15 is 0 Å². The first kappa shape index (κ1) is 23.9. The molecule has 2 aromatic heterocycles. The third-order valence-electron chi connectivity index (χ3n) is 5.41. The Bertz CT molecular complexity index is 1450. The molecule has 0 spiro atoms. The van der Waals surface area contributed by atoms with Crippen LogP contribution in [0.1, 0.15) is 21.5 Å². The smallest absolute Gasteiger partial charge is 0.251 e. The summed E-state index contributed by atoms with van der Waals surface area (Å²) in [6.45, 7) is 0.322. The maximum Gasteiger partial charge on any atom is 0.251 e. The van der Waals surface area contributed by atoms with Crippen LogP contribution >= 0.6 is 23.1 Å². The van der Waals surface area contributed by atoms with Gasteiger partial charge in [-0.3, -0.25) is 9.36 Å². The normalized spacial score (nSPS) is 10.9. The standard InChI is InChI=1S/C27H20F2N4OS2/c28-21-9-5-18(6-10-21)16-30-26(34)20-7-3-19(4-8-20)17-36-27-32-31-25(24-2-1-15-35-24)33(27)23-13-11-22(29)12-14-23/h1-15H,16-17H2,(H,30,34). The van der Waals surface area contributed by atoms with Gasteiger partial charge >= 0.3 is 0 Å². The van der Waals surface area contributed by atoms with E-state index in [1.165, 1.54) is 36.0 Å². The molecule has 0 fully saturated rings. The molecule has 5 nitrogen and oxygen atoms in total. The monoisotopic (exact) mass is 518 g/mol. The van der Waals surface area contributed by atoms with Crippen molar-refractivity contribution in [3.05, 3.63) is 119 Å². The van der Waals surface area contributed by atoms with Gasteiger partial charge in [0.15, 0.2) is 11.0 Å². The average molecular weight is 519 g/mol. The fourth-order valence-electron chi connectivity index (χ4n) is 3.54. The summed E-state index contributed by atoms with van der Waals surface area (Å²) in [5, 5.41) is 14.3. The summed E-state index contributed by atoms with van der Waals surface area (Å²) >= 11 is 3.07. The Morgan fingerprint density at radius 3 is 2.19 bits per heavy atom. The highest BCUT2D eigenvalue weighted by molar-refractivity contribution is 7.98. The summed E-state index contributed by atoms with van der Waals surface area (Å²) in [7, 11) is 0. The summed E-state index contributed by atoms with van der Waals surface area (Å²) in [5.41, 5.74) is 3.16. The second kappa shape index (κ2) is 10.8. The second-order valence-corrected chi connectivity index (χ2v) is 9.78. The molecule has 5 rings (SSSR count). The van der Waals surface area contributed by atoms with E-state index in [2.05, 4.69) is 15.5 Å². The highest BCUT2D eigenvalue weighted by atomic mass is 32.2. The third kappa shape index (κ3) is 5.53. The van der Waals surface area contributed by atoms with Crippen LogP contribution in [0, 0.1) is 11.6 Å². The van der Waals surface area contributed by atoms with E-state index in [4.69, 9.17) is 0 Å². The van der Waals surface area contributed by atoms with Gasteiger partial charge in [0.05, 0.1) is 4.88 Å². The molecule has 0 atom stereocenters. The van der Waals surface area contributed by atoms with Gasteiger partial charge in [0.2, 0.25) is 0 Å². The molecule has 5 aromatic rings. The Balaban J connectivity index is 1.27. The van der Waals surface area contributed by atoms with Crippen LogP contribution in [0.3, 0.4) is 0 Å². The van der Waals surface area contributed by atoms with Gasteiger partial charge < -0.3 is 5.32 Å². The quantitative estimate of drug-likeness (QED) is 0.238. The number of carbonyl (C=O) groups excluding carboxylic acids is 1. The fraction of sp³-hybridized carbons (Fsp3) is 0.0741. The van der Waals surface area contributed by atoms with Gasteiger partial charge in [0.25, 0.3) is 5.91 Å². The largest absolute Gasteiger partial charge is 0.348 e. The van der Waals surface area contributed by atoms with Gasteiger partial charge in [-0.25, -0.2) is 8.78 Å². The first-order valence-corrected chi connectivity index (χ1v) is 12.9. The molecule has 1 amide bonds. The fourth-order valence-corrected chi connectivity index (χ4v) is 5.14. The van der Waals surface area contributed by atoms with Gasteiger partial charge in [-0.1, -0.05) is 42.1 Å². The zero-order chi connectivity index (χ0) is 24.9. The Morgan fingerprint density at radius 1 is 0.861 bits per heavy atom. The first-order chi connectivity index (χ1) is 17.6. The zero-order valence-electron chi connectivity index (χ0n) is 18.9. The SMILES string of the molecule is O=C(NCc1ccc(F)cc1)c1ccc(CSc2nnc(-c3cccs3)n2-c2ccc(F)cc2)cc1. The van der Waals surface area contributed by atoms with Crippen LogP contribution in [-0.2, 0) is 12.3 Å². The molecular weight excluding hydrogens is 498 g/mol. The predicted octanol–water partition coefficient (Wildman–Crippen LogP) is 6.50. The van der Waals surface area contributed by atoms with Crippen molar-refractivity contribution in [1.29, 1.82) is 0 Å². The minimum Gasteiger partial charge on any atom is -0.348 e. The zero-order valence-corrected chi connectivity index (χ0v) is 20.5. The second-order valence-electron chi connectivity index (χ2n) is 7.89. The van der Waals surface area contributed by atoms with Gasteiger partial charge in [-0.2, -0.15) is 0 Å². The molecule has 0 aliphatic heterocycles. The van der Waals surface area contributed by atoms with E-state index in [0.717, 1.165) is 21.7 Å². The number of carbonyl (C=O) groups is 1. The number of hydrogen-bond acceptors (Lipinski definition) is 5. The lowest BCUT2D eigenvalue weighted by atomic mass is 10.1. The molecule has 0 unspecified atom stereocenters. The van der Waals surface area contributed by atoms with Crippen molar-refractivity contribution in [2.45, 2.75) is 17.5 Å². The maximum absolute atomic E-state index is 13.5. The van der Waals surface area contributed by atoms with Crippen LogP contribution in [-0.4, -0.2) is 20.7 Å². The van der Waals surface area contributed by atoms with Crippen molar-refractivity contribution in [1.82, 2.24) is 20.1 Å². The van der Waals surface area contributed by atoms with Crippen LogP contribution in [0.25, 0.3) is 16.4 Å². The number of thiophene rings is 1. The molecule has 0 bridgehead atoms. The molecule has 1 N–H and O–H groups in total. The summed E-state index contributed by atoms with van der Waals surface area (Å²) in [6, 6.07) is 23.6. The van der Waals surface area contributed by atoms with E-state index in [0.29, 0.717) is 28.8 Å². The van der Waals surface area contributed by atoms with E-state index in [1.54, 1.807) is 47.7 Å². The Labute approximate surface area is 214 Å². The third-order valence-corrected chi connectivity index (χ3v) is 7.28. The molecule has 0 saturated carbocycles. The van der Waals surface area contributed by atoms with Crippen molar-refractivity contribution >= 4 is 29.0 Å². The number of rotatable bonds is 8. The molecule has 0 aliphatic rings. The molecule has 0 aliphatic carbocycles. The molecule has 180 valence electrons. The van der Waals surface area contributed by atoms with Crippen molar-refractivity contribution in [3.8, 4) is 16.4 Å². The predicted molar refractivity (Wildman–Crippen MR) is 138 cm³/mol. The minimum absolute atomic E-state index is 0.199. The number of nitrogens with one attached hydrogen (secondary N) is 1. The lowest BCUT2D eigenvalue weighted by Crippen LogP contribution is -2.22. The van der Waals surface area contributed by atoms with Crippen LogP contribution in [0.5, 0.6) is 0 Å². The van der Waals surface area contributed by atoms with Crippen molar-refractivity contribution in [2.75, 3.05) is 0 Å². The highest BCUT2D eigenvalue weighted by Gasteiger charge is 2.17. The van der Waals surface area contributed by atoms with Crippen LogP contribution in [0.15, 0.2) is 95.5 Å². The summed E-state index contributed by atoms with van der Waals surface area (Å²) in [5.74, 6) is 0.501. The van der Waals surface area contributed by atoms with Gasteiger partial charge in [0.1, 0.15) is 11.6 Å². The molecule has 3 aromatic carbocycles. The van der Waals surface area contributed by atoms with Crippen LogP contribution in [0.2, 0.25) is 0 Å². The number of aromatic nitrogens is 3. The van der Waals surface area contributed by atoms with E-state index in [9.17, 15) is 13.6 Å². The maximum atomic E-state index is 13.5. The van der Waals surface area contributed by atoms with Crippen molar-refractivity contribution < 1.29 is 13.6 Å². The molecule has 9 heteroatoms. The Morgan fingerprint density at radius 2 is 1.53 bits per heavy atom. The number of benzene rings is 3. The first-order valence-electron chi connectivity index (χ1n) is 11.1. The van der Waals surface area contributed by atoms with Gasteiger partial charge in [-0.05, 0) is 71.1 Å². The van der Waals surface area contributed by atoms with E-state index < -0.39 is 0 Å². The minimum atomic E-state index is -0.308. The summed E-state index contributed by atoms with van der Waals surface area (Å²) < 4.78 is 28.5. The summed E-state index contributed by atoms with van der Waals surface area (Å²) in [4.78, 5) is 13.4. The highest BCUT2D eigenvalue weighted by Crippen LogP contribution is 2.31. The Kier molecular flexibility index (Phi) is 7.20. The molecule has 0 saturated heterocycles. The number of halogens is 2.